The molecule has 0 aromatic heterocycles. The van der Waals surface area contributed by atoms with Crippen LogP contribution in [0.1, 0.15) is 30.6 Å². The van der Waals surface area contributed by atoms with Crippen LogP contribution in [0.25, 0.3) is 11.1 Å². The summed E-state index contributed by atoms with van der Waals surface area (Å²) in [5.41, 5.74) is 3.41. The molecule has 3 heteroatoms. The molecule has 0 saturated carbocycles. The minimum absolute atomic E-state index is 0.102. The van der Waals surface area contributed by atoms with Crippen molar-refractivity contribution in [2.75, 3.05) is 5.32 Å². The zero-order valence-corrected chi connectivity index (χ0v) is 11.6. The van der Waals surface area contributed by atoms with Gasteiger partial charge in [-0.1, -0.05) is 49.4 Å². The molecule has 0 aliphatic carbocycles. The van der Waals surface area contributed by atoms with Crippen molar-refractivity contribution in [3.63, 3.8) is 0 Å². The highest BCUT2D eigenvalue weighted by Crippen LogP contribution is 2.28. The Morgan fingerprint density at radius 3 is 2.25 bits per heavy atom. The Morgan fingerprint density at radius 2 is 1.65 bits per heavy atom. The standard InChI is InChI=1S/C17H17NO2/c1-3-17(20)14-10-8-13(9-11-14)15-6-4-5-7-16(15)18-12(2)19/h4-11H,3H2,1-2H3,(H,18,19). The van der Waals surface area contributed by atoms with Gasteiger partial charge in [0, 0.05) is 30.2 Å². The second-order valence-electron chi connectivity index (χ2n) is 4.58. The number of para-hydroxylation sites is 1. The summed E-state index contributed by atoms with van der Waals surface area (Å²) in [6, 6.07) is 15.1. The zero-order chi connectivity index (χ0) is 14.5. The summed E-state index contributed by atoms with van der Waals surface area (Å²) >= 11 is 0. The first-order valence-electron chi connectivity index (χ1n) is 6.62. The van der Waals surface area contributed by atoms with Gasteiger partial charge in [-0.15, -0.1) is 0 Å². The molecule has 0 unspecified atom stereocenters. The number of hydrogen-bond acceptors (Lipinski definition) is 2. The van der Waals surface area contributed by atoms with Crippen LogP contribution in [0, 0.1) is 0 Å². The van der Waals surface area contributed by atoms with Crippen LogP contribution in [0.4, 0.5) is 5.69 Å². The van der Waals surface area contributed by atoms with E-state index in [1.165, 1.54) is 6.92 Å². The molecule has 0 spiro atoms. The molecule has 2 aromatic carbocycles. The van der Waals surface area contributed by atoms with Crippen LogP contribution in [0.5, 0.6) is 0 Å². The monoisotopic (exact) mass is 267 g/mol. The van der Waals surface area contributed by atoms with Crippen molar-refractivity contribution in [1.82, 2.24) is 0 Å². The molecule has 1 N–H and O–H groups in total. The molecule has 0 fully saturated rings. The Bertz CT molecular complexity index is 630. The number of Topliss-reactive ketones (excluding diaryl/α,β-unsaturated/α-hetero) is 1. The summed E-state index contributed by atoms with van der Waals surface area (Å²) in [5, 5.41) is 2.81. The van der Waals surface area contributed by atoms with Gasteiger partial charge in [0.15, 0.2) is 5.78 Å². The quantitative estimate of drug-likeness (QED) is 0.854. The van der Waals surface area contributed by atoms with Gasteiger partial charge < -0.3 is 5.32 Å². The predicted octanol–water partition coefficient (Wildman–Crippen LogP) is 3.90. The van der Waals surface area contributed by atoms with E-state index in [-0.39, 0.29) is 11.7 Å². The van der Waals surface area contributed by atoms with Crippen molar-refractivity contribution >= 4 is 17.4 Å². The van der Waals surface area contributed by atoms with Crippen LogP contribution in [0.15, 0.2) is 48.5 Å². The Kier molecular flexibility index (Phi) is 4.31. The molecule has 2 rings (SSSR count). The van der Waals surface area contributed by atoms with Crippen LogP contribution in [-0.4, -0.2) is 11.7 Å². The fourth-order valence-electron chi connectivity index (χ4n) is 2.07. The fraction of sp³-hybridized carbons (Fsp3) is 0.176. The molecular formula is C17H17NO2. The third-order valence-corrected chi connectivity index (χ3v) is 3.08. The molecule has 0 aliphatic rings. The van der Waals surface area contributed by atoms with Gasteiger partial charge in [-0.25, -0.2) is 0 Å². The van der Waals surface area contributed by atoms with E-state index in [2.05, 4.69) is 5.32 Å². The first kappa shape index (κ1) is 14.0. The maximum Gasteiger partial charge on any atom is 0.221 e. The zero-order valence-electron chi connectivity index (χ0n) is 11.6. The average Bonchev–Trinajstić information content (AvgIpc) is 2.46. The van der Waals surface area contributed by atoms with Crippen molar-refractivity contribution < 1.29 is 9.59 Å². The van der Waals surface area contributed by atoms with E-state index in [0.717, 1.165) is 16.8 Å². The summed E-state index contributed by atoms with van der Waals surface area (Å²) in [5.74, 6) is 0.0296. The van der Waals surface area contributed by atoms with E-state index in [1.807, 2.05) is 55.5 Å². The Labute approximate surface area is 118 Å². The Balaban J connectivity index is 2.36. The molecule has 0 aliphatic heterocycles. The molecular weight excluding hydrogens is 250 g/mol. The highest BCUT2D eigenvalue weighted by molar-refractivity contribution is 5.97. The van der Waals surface area contributed by atoms with Gasteiger partial charge in [-0.2, -0.15) is 0 Å². The lowest BCUT2D eigenvalue weighted by Crippen LogP contribution is -2.06. The van der Waals surface area contributed by atoms with E-state index >= 15 is 0 Å². The molecule has 0 saturated heterocycles. The highest BCUT2D eigenvalue weighted by Gasteiger charge is 2.07. The van der Waals surface area contributed by atoms with Crippen LogP contribution in [-0.2, 0) is 4.79 Å². The highest BCUT2D eigenvalue weighted by atomic mass is 16.1. The van der Waals surface area contributed by atoms with Gasteiger partial charge in [0.05, 0.1) is 0 Å². The van der Waals surface area contributed by atoms with Crippen molar-refractivity contribution in [1.29, 1.82) is 0 Å². The van der Waals surface area contributed by atoms with Crippen LogP contribution in [0.2, 0.25) is 0 Å². The number of ketones is 1. The van der Waals surface area contributed by atoms with E-state index in [0.29, 0.717) is 12.0 Å². The van der Waals surface area contributed by atoms with Crippen LogP contribution in [0.3, 0.4) is 0 Å². The van der Waals surface area contributed by atoms with E-state index < -0.39 is 0 Å². The normalized spacial score (nSPS) is 10.1. The maximum absolute atomic E-state index is 11.6. The lowest BCUT2D eigenvalue weighted by atomic mass is 10.0. The third kappa shape index (κ3) is 3.12. The number of carbonyl (C=O) groups is 2. The number of benzene rings is 2. The van der Waals surface area contributed by atoms with Crippen LogP contribution < -0.4 is 5.32 Å². The first-order chi connectivity index (χ1) is 9.61. The number of rotatable bonds is 4. The molecule has 0 atom stereocenters. The number of amides is 1. The summed E-state index contributed by atoms with van der Waals surface area (Å²) < 4.78 is 0. The summed E-state index contributed by atoms with van der Waals surface area (Å²) in [4.78, 5) is 22.8. The number of carbonyl (C=O) groups excluding carboxylic acids is 2. The van der Waals surface area contributed by atoms with Crippen molar-refractivity contribution in [3.05, 3.63) is 54.1 Å². The fourth-order valence-corrected chi connectivity index (χ4v) is 2.07. The average molecular weight is 267 g/mol. The predicted molar refractivity (Wildman–Crippen MR) is 80.8 cm³/mol. The van der Waals surface area contributed by atoms with Gasteiger partial charge >= 0.3 is 0 Å². The second-order valence-corrected chi connectivity index (χ2v) is 4.58. The SMILES string of the molecule is CCC(=O)c1ccc(-c2ccccc2NC(C)=O)cc1. The van der Waals surface area contributed by atoms with Gasteiger partial charge in [0.1, 0.15) is 0 Å². The lowest BCUT2D eigenvalue weighted by Gasteiger charge is -2.10. The topological polar surface area (TPSA) is 46.2 Å². The summed E-state index contributed by atoms with van der Waals surface area (Å²) in [6.45, 7) is 3.34. The number of nitrogens with one attached hydrogen (secondary N) is 1. The Morgan fingerprint density at radius 1 is 1.00 bits per heavy atom. The summed E-state index contributed by atoms with van der Waals surface area (Å²) in [7, 11) is 0. The van der Waals surface area contributed by atoms with Gasteiger partial charge in [0.2, 0.25) is 5.91 Å². The number of hydrogen-bond donors (Lipinski definition) is 1. The van der Waals surface area contributed by atoms with Crippen LogP contribution >= 0.6 is 0 Å². The first-order valence-corrected chi connectivity index (χ1v) is 6.62. The van der Waals surface area contributed by atoms with Gasteiger partial charge in [-0.05, 0) is 11.6 Å². The molecule has 2 aromatic rings. The molecule has 20 heavy (non-hydrogen) atoms. The van der Waals surface area contributed by atoms with E-state index in [1.54, 1.807) is 0 Å². The lowest BCUT2D eigenvalue weighted by molar-refractivity contribution is -0.114. The molecule has 0 heterocycles. The van der Waals surface area contributed by atoms with Crippen molar-refractivity contribution in [2.45, 2.75) is 20.3 Å². The minimum atomic E-state index is -0.102. The second kappa shape index (κ2) is 6.15. The van der Waals surface area contributed by atoms with Crippen molar-refractivity contribution in [2.24, 2.45) is 0 Å². The maximum atomic E-state index is 11.6. The van der Waals surface area contributed by atoms with E-state index in [4.69, 9.17) is 0 Å². The molecule has 102 valence electrons. The van der Waals surface area contributed by atoms with Gasteiger partial charge in [-0.3, -0.25) is 9.59 Å². The third-order valence-electron chi connectivity index (χ3n) is 3.08. The van der Waals surface area contributed by atoms with Crippen molar-refractivity contribution in [3.8, 4) is 11.1 Å². The minimum Gasteiger partial charge on any atom is -0.326 e. The smallest absolute Gasteiger partial charge is 0.221 e. The molecule has 1 amide bonds. The van der Waals surface area contributed by atoms with E-state index in [9.17, 15) is 9.59 Å². The van der Waals surface area contributed by atoms with Gasteiger partial charge in [0.25, 0.3) is 0 Å². The molecule has 0 bridgehead atoms. The largest absolute Gasteiger partial charge is 0.326 e. The number of anilines is 1. The molecule has 3 nitrogen and oxygen atoms in total. The Hall–Kier alpha value is -2.42. The summed E-state index contributed by atoms with van der Waals surface area (Å²) in [6.07, 6.45) is 0.502. The molecule has 0 radical (unpaired) electrons.